The fourth-order valence-electron chi connectivity index (χ4n) is 2.54. The summed E-state index contributed by atoms with van der Waals surface area (Å²) in [5.74, 6) is 0.0881. The lowest BCUT2D eigenvalue weighted by atomic mass is 10.3. The maximum atomic E-state index is 13.0. The van der Waals surface area contributed by atoms with Gasteiger partial charge in [0.15, 0.2) is 11.0 Å². The minimum atomic E-state index is -0.464. The Balaban J connectivity index is 1.55. The second-order valence-corrected chi connectivity index (χ2v) is 8.56. The monoisotopic (exact) mass is 464 g/mol. The van der Waals surface area contributed by atoms with E-state index in [2.05, 4.69) is 15.5 Å². The number of aromatic nitrogens is 3. The van der Waals surface area contributed by atoms with Crippen molar-refractivity contribution in [2.45, 2.75) is 25.6 Å². The summed E-state index contributed by atoms with van der Waals surface area (Å²) in [6.07, 6.45) is 0. The van der Waals surface area contributed by atoms with E-state index in [9.17, 15) is 14.0 Å². The van der Waals surface area contributed by atoms with Gasteiger partial charge in [-0.1, -0.05) is 11.8 Å². The molecule has 0 aliphatic rings. The van der Waals surface area contributed by atoms with E-state index in [1.165, 1.54) is 47.4 Å². The van der Waals surface area contributed by atoms with Crippen LogP contribution in [0.1, 0.15) is 28.0 Å². The van der Waals surface area contributed by atoms with Crippen molar-refractivity contribution in [2.24, 2.45) is 7.05 Å². The van der Waals surface area contributed by atoms with Gasteiger partial charge in [0.1, 0.15) is 23.2 Å². The number of nitrogens with one attached hydrogen (secondary N) is 1. The molecular formula is C20H21FN4O4S2. The standard InChI is InChI=1S/C20H21FN4O4S2/c1-4-28-19(27)15-9-12(2)31-18(15)22-17(26)11-30-20-24-23-16(25(20)3)10-29-14-7-5-13(21)6-8-14/h5-9H,4,10-11H2,1-3H3,(H,22,26). The molecule has 11 heteroatoms. The molecule has 1 aromatic carbocycles. The van der Waals surface area contributed by atoms with Crippen molar-refractivity contribution in [3.8, 4) is 5.75 Å². The molecule has 0 bridgehead atoms. The summed E-state index contributed by atoms with van der Waals surface area (Å²) in [5, 5.41) is 11.9. The van der Waals surface area contributed by atoms with Crippen LogP contribution < -0.4 is 10.1 Å². The lowest BCUT2D eigenvalue weighted by Gasteiger charge is -2.07. The van der Waals surface area contributed by atoms with Gasteiger partial charge in [0, 0.05) is 11.9 Å². The van der Waals surface area contributed by atoms with E-state index in [1.807, 2.05) is 6.92 Å². The first-order valence-corrected chi connectivity index (χ1v) is 11.1. The number of benzene rings is 1. The van der Waals surface area contributed by atoms with Gasteiger partial charge in [-0.25, -0.2) is 9.18 Å². The molecule has 8 nitrogen and oxygen atoms in total. The Kier molecular flexibility index (Phi) is 7.64. The van der Waals surface area contributed by atoms with Crippen LogP contribution in [0.15, 0.2) is 35.5 Å². The number of halogens is 1. The highest BCUT2D eigenvalue weighted by Gasteiger charge is 2.19. The lowest BCUT2D eigenvalue weighted by Crippen LogP contribution is -2.16. The van der Waals surface area contributed by atoms with Gasteiger partial charge in [0.05, 0.1) is 17.9 Å². The Morgan fingerprint density at radius 2 is 2.00 bits per heavy atom. The Hall–Kier alpha value is -2.92. The van der Waals surface area contributed by atoms with Crippen LogP contribution in [0.5, 0.6) is 5.75 Å². The number of hydrogen-bond acceptors (Lipinski definition) is 8. The van der Waals surface area contributed by atoms with E-state index in [-0.39, 0.29) is 30.7 Å². The summed E-state index contributed by atoms with van der Waals surface area (Å²) in [6, 6.07) is 7.38. The van der Waals surface area contributed by atoms with Gasteiger partial charge < -0.3 is 19.4 Å². The van der Waals surface area contributed by atoms with E-state index < -0.39 is 5.97 Å². The minimum Gasteiger partial charge on any atom is -0.486 e. The Labute approximate surface area is 186 Å². The number of rotatable bonds is 9. The van der Waals surface area contributed by atoms with Crippen LogP contribution in [-0.4, -0.2) is 39.0 Å². The SMILES string of the molecule is CCOC(=O)c1cc(C)sc1NC(=O)CSc1nnc(COc2ccc(F)cc2)n1C. The van der Waals surface area contributed by atoms with E-state index >= 15 is 0 Å². The zero-order valence-corrected chi connectivity index (χ0v) is 18.8. The van der Waals surface area contributed by atoms with Crippen LogP contribution in [0, 0.1) is 12.7 Å². The highest BCUT2D eigenvalue weighted by molar-refractivity contribution is 7.99. The molecule has 0 saturated carbocycles. The van der Waals surface area contributed by atoms with E-state index in [4.69, 9.17) is 9.47 Å². The number of thiophene rings is 1. The molecule has 1 amide bonds. The fourth-order valence-corrected chi connectivity index (χ4v) is 4.18. The third-order valence-corrected chi connectivity index (χ3v) is 6.03. The van der Waals surface area contributed by atoms with E-state index in [0.717, 1.165) is 4.88 Å². The number of anilines is 1. The zero-order valence-electron chi connectivity index (χ0n) is 17.2. The highest BCUT2D eigenvalue weighted by Crippen LogP contribution is 2.29. The average molecular weight is 465 g/mol. The molecular weight excluding hydrogens is 443 g/mol. The first kappa shape index (κ1) is 22.8. The minimum absolute atomic E-state index is 0.0873. The van der Waals surface area contributed by atoms with Crippen LogP contribution >= 0.6 is 23.1 Å². The largest absolute Gasteiger partial charge is 0.486 e. The third kappa shape index (κ3) is 6.05. The molecule has 0 aliphatic carbocycles. The molecule has 3 rings (SSSR count). The van der Waals surface area contributed by atoms with Crippen LogP contribution in [0.4, 0.5) is 9.39 Å². The van der Waals surface area contributed by atoms with Crippen molar-refractivity contribution in [3.63, 3.8) is 0 Å². The summed E-state index contributed by atoms with van der Waals surface area (Å²) >= 11 is 2.53. The maximum absolute atomic E-state index is 13.0. The molecule has 0 atom stereocenters. The van der Waals surface area contributed by atoms with E-state index in [0.29, 0.717) is 27.3 Å². The predicted octanol–water partition coefficient (Wildman–Crippen LogP) is 3.81. The fraction of sp³-hybridized carbons (Fsp3) is 0.300. The van der Waals surface area contributed by atoms with Gasteiger partial charge >= 0.3 is 5.97 Å². The summed E-state index contributed by atoms with van der Waals surface area (Å²) in [5.41, 5.74) is 0.349. The maximum Gasteiger partial charge on any atom is 0.341 e. The van der Waals surface area contributed by atoms with Gasteiger partial charge in [-0.2, -0.15) is 0 Å². The molecule has 164 valence electrons. The quantitative estimate of drug-likeness (QED) is 0.380. The molecule has 31 heavy (non-hydrogen) atoms. The average Bonchev–Trinajstić information content (AvgIpc) is 3.28. The molecule has 3 aromatic rings. The van der Waals surface area contributed by atoms with Crippen LogP contribution in [0.2, 0.25) is 0 Å². The van der Waals surface area contributed by atoms with Crippen molar-refractivity contribution in [1.82, 2.24) is 14.8 Å². The summed E-state index contributed by atoms with van der Waals surface area (Å²) in [6.45, 7) is 3.99. The summed E-state index contributed by atoms with van der Waals surface area (Å²) in [4.78, 5) is 25.3. The number of amides is 1. The first-order valence-electron chi connectivity index (χ1n) is 9.34. The third-order valence-electron chi connectivity index (χ3n) is 4.04. The molecule has 0 fully saturated rings. The van der Waals surface area contributed by atoms with Gasteiger partial charge in [0.25, 0.3) is 0 Å². The van der Waals surface area contributed by atoms with Crippen LogP contribution in [-0.2, 0) is 23.2 Å². The van der Waals surface area contributed by atoms with Gasteiger partial charge in [-0.05, 0) is 44.2 Å². The number of hydrogen-bond donors (Lipinski definition) is 1. The summed E-state index contributed by atoms with van der Waals surface area (Å²) < 4.78 is 25.3. The molecule has 0 spiro atoms. The zero-order chi connectivity index (χ0) is 22.4. The van der Waals surface area contributed by atoms with E-state index in [1.54, 1.807) is 24.6 Å². The number of nitrogens with zero attached hydrogens (tertiary/aromatic N) is 3. The Bertz CT molecular complexity index is 1070. The number of carbonyl (C=O) groups is 2. The van der Waals surface area contributed by atoms with Crippen molar-refractivity contribution in [1.29, 1.82) is 0 Å². The number of esters is 1. The predicted molar refractivity (Wildman–Crippen MR) is 116 cm³/mol. The number of ether oxygens (including phenoxy) is 2. The van der Waals surface area contributed by atoms with Crippen LogP contribution in [0.25, 0.3) is 0 Å². The first-order chi connectivity index (χ1) is 14.9. The molecule has 0 aliphatic heterocycles. The van der Waals surface area contributed by atoms with Crippen molar-refractivity contribution in [2.75, 3.05) is 17.7 Å². The summed E-state index contributed by atoms with van der Waals surface area (Å²) in [7, 11) is 1.77. The molecule has 2 aromatic heterocycles. The molecule has 0 unspecified atom stereocenters. The second kappa shape index (κ2) is 10.4. The normalized spacial score (nSPS) is 10.7. The number of aryl methyl sites for hydroxylation is 1. The highest BCUT2D eigenvalue weighted by atomic mass is 32.2. The Morgan fingerprint density at radius 3 is 2.71 bits per heavy atom. The molecule has 0 saturated heterocycles. The molecule has 1 N–H and O–H groups in total. The van der Waals surface area contributed by atoms with Crippen molar-refractivity contribution < 1.29 is 23.5 Å². The number of thioether (sulfide) groups is 1. The van der Waals surface area contributed by atoms with Crippen molar-refractivity contribution >= 4 is 40.0 Å². The second-order valence-electron chi connectivity index (χ2n) is 6.36. The van der Waals surface area contributed by atoms with Gasteiger partial charge in [-0.15, -0.1) is 21.5 Å². The van der Waals surface area contributed by atoms with Gasteiger partial charge in [-0.3, -0.25) is 4.79 Å². The van der Waals surface area contributed by atoms with Crippen molar-refractivity contribution in [3.05, 3.63) is 52.4 Å². The molecule has 0 radical (unpaired) electrons. The number of carbonyl (C=O) groups excluding carboxylic acids is 2. The smallest absolute Gasteiger partial charge is 0.341 e. The Morgan fingerprint density at radius 1 is 1.26 bits per heavy atom. The topological polar surface area (TPSA) is 95.3 Å². The van der Waals surface area contributed by atoms with Gasteiger partial charge in [0.2, 0.25) is 5.91 Å². The molecule has 2 heterocycles. The van der Waals surface area contributed by atoms with Crippen LogP contribution in [0.3, 0.4) is 0 Å². The lowest BCUT2D eigenvalue weighted by molar-refractivity contribution is -0.113.